The fourth-order valence-electron chi connectivity index (χ4n) is 11.3. The number of hydrogen-bond acceptors (Lipinski definition) is 13. The Morgan fingerprint density at radius 1 is 0.776 bits per heavy atom. The Labute approximate surface area is 497 Å². The molecule has 1 unspecified atom stereocenters. The molecule has 0 aliphatic carbocycles. The summed E-state index contributed by atoms with van der Waals surface area (Å²) in [5.74, 6) is -3.54. The van der Waals surface area contributed by atoms with E-state index in [1.165, 1.54) is 29.4 Å². The number of carbonyl (C=O) groups excluding carboxylic acids is 5. The van der Waals surface area contributed by atoms with Gasteiger partial charge < -0.3 is 40.7 Å². The van der Waals surface area contributed by atoms with Gasteiger partial charge in [-0.15, -0.1) is 11.3 Å². The number of unbranched alkanes of at least 4 members (excludes halogenated alkanes) is 6. The number of amides is 5. The standard InChI is InChI=1S/C62H78F5N11O6S/c1-38-34-77(35-39(2)74(38)7)51-30-49(64)47(29-50(51)72-57(82)46-22-21-44(63)27-48(46)62(65,66)67)43-32-69-60(70-33-43)76-25-23-75(24-26-76)54(81)16-14-12-10-8-9-11-13-15-53(80)73-56(61(4,5)6)59(84)78-36-45(79)28-52(78)58(83)68-31-41-17-19-42(20-18-41)55-40(3)71-37-85-55/h17-22,27,29-30,32-33,37-39,45,52,56,79H,8-16,23-26,28,31,34-36H2,1-7H3,(H,68,83)(H,72,82)(H,73,80)/t38-,39+,45-,52+,56?/m1/s1. The predicted molar refractivity (Wildman–Crippen MR) is 318 cm³/mol. The first-order valence-corrected chi connectivity index (χ1v) is 30.1. The molecular weight excluding hydrogens is 1120 g/mol. The van der Waals surface area contributed by atoms with Crippen molar-refractivity contribution >= 4 is 58.2 Å². The summed E-state index contributed by atoms with van der Waals surface area (Å²) in [5, 5.41) is 19.1. The second kappa shape index (κ2) is 27.9. The van der Waals surface area contributed by atoms with Crippen LogP contribution in [-0.2, 0) is 31.9 Å². The summed E-state index contributed by atoms with van der Waals surface area (Å²) in [6, 6.07) is 10.5. The molecule has 5 amide bonds. The number of nitrogens with one attached hydrogen (secondary N) is 3. The average Bonchev–Trinajstić information content (AvgIpc) is 1.97. The fourth-order valence-corrected chi connectivity index (χ4v) is 12.1. The third-order valence-corrected chi connectivity index (χ3v) is 17.4. The maximum atomic E-state index is 16.2. The van der Waals surface area contributed by atoms with Crippen molar-refractivity contribution in [3.63, 3.8) is 0 Å². The van der Waals surface area contributed by atoms with E-state index in [1.807, 2.05) is 87.6 Å². The molecule has 3 aromatic carbocycles. The highest BCUT2D eigenvalue weighted by molar-refractivity contribution is 7.13. The monoisotopic (exact) mass is 1200 g/mol. The number of likely N-dealkylation sites (N-methyl/N-ethyl adjacent to an activating group) is 1. The van der Waals surface area contributed by atoms with Crippen LogP contribution < -0.4 is 25.8 Å². The van der Waals surface area contributed by atoms with E-state index in [-0.39, 0.29) is 84.3 Å². The van der Waals surface area contributed by atoms with Crippen molar-refractivity contribution in [2.45, 2.75) is 149 Å². The number of piperazine rings is 2. The van der Waals surface area contributed by atoms with Crippen LogP contribution in [0.25, 0.3) is 21.6 Å². The van der Waals surface area contributed by atoms with Crippen LogP contribution in [0.4, 0.5) is 39.3 Å². The lowest BCUT2D eigenvalue weighted by Crippen LogP contribution is -2.57. The molecule has 5 heterocycles. The van der Waals surface area contributed by atoms with Gasteiger partial charge in [-0.1, -0.05) is 77.1 Å². The molecule has 0 bridgehead atoms. The molecule has 3 saturated heterocycles. The number of anilines is 3. The minimum atomic E-state index is -5.02. The molecule has 3 fully saturated rings. The molecule has 458 valence electrons. The van der Waals surface area contributed by atoms with E-state index in [1.54, 1.807) is 16.8 Å². The number of nitrogens with zero attached hydrogens (tertiary/aromatic N) is 8. The maximum Gasteiger partial charge on any atom is 0.417 e. The lowest BCUT2D eigenvalue weighted by molar-refractivity contribution is -0.144. The Balaban J connectivity index is 0.745. The van der Waals surface area contributed by atoms with E-state index in [2.05, 4.69) is 35.8 Å². The summed E-state index contributed by atoms with van der Waals surface area (Å²) in [5.41, 5.74) is 2.39. The van der Waals surface area contributed by atoms with Gasteiger partial charge in [0.05, 0.1) is 44.7 Å². The second-order valence-corrected chi connectivity index (χ2v) is 24.7. The number of halogens is 5. The van der Waals surface area contributed by atoms with Crippen LogP contribution in [0.5, 0.6) is 0 Å². The first kappa shape index (κ1) is 63.9. The van der Waals surface area contributed by atoms with Crippen molar-refractivity contribution in [2.24, 2.45) is 5.41 Å². The Hall–Kier alpha value is -7.11. The SMILES string of the molecule is Cc1ncsc1-c1ccc(CNC(=O)[C@@H]2C[C@@H](O)CN2C(=O)C(NC(=O)CCCCCCCCCC(=O)N2CCN(c3ncc(-c4cc(NC(=O)c5ccc(F)cc5C(F)(F)F)c(N5C[C@@H](C)N(C)[C@@H](C)C5)cc4F)cn3)CC2)C(C)(C)C)cc1. The van der Waals surface area contributed by atoms with Gasteiger partial charge in [-0.2, -0.15) is 13.2 Å². The van der Waals surface area contributed by atoms with Crippen LogP contribution in [0.2, 0.25) is 0 Å². The summed E-state index contributed by atoms with van der Waals surface area (Å²) in [6.07, 6.45) is 3.62. The molecule has 3 aliphatic rings. The summed E-state index contributed by atoms with van der Waals surface area (Å²) in [6.45, 7) is 14.5. The number of carbonyl (C=O) groups is 5. The van der Waals surface area contributed by atoms with Crippen molar-refractivity contribution in [2.75, 3.05) is 68.0 Å². The number of β-amino-alcohol motifs (C(OH)–C–C–N with tert-alkyl or cyclic N) is 1. The lowest BCUT2D eigenvalue weighted by atomic mass is 9.85. The predicted octanol–water partition coefficient (Wildman–Crippen LogP) is 9.62. The van der Waals surface area contributed by atoms with Crippen molar-refractivity contribution in [3.05, 3.63) is 107 Å². The first-order chi connectivity index (χ1) is 40.4. The maximum absolute atomic E-state index is 16.2. The molecule has 0 saturated carbocycles. The Morgan fingerprint density at radius 2 is 1.41 bits per heavy atom. The van der Waals surface area contributed by atoms with Gasteiger partial charge in [-0.25, -0.2) is 23.7 Å². The molecule has 2 aromatic heterocycles. The molecule has 5 aromatic rings. The highest BCUT2D eigenvalue weighted by Crippen LogP contribution is 2.38. The third-order valence-electron chi connectivity index (χ3n) is 16.4. The number of benzene rings is 3. The molecule has 17 nitrogen and oxygen atoms in total. The minimum Gasteiger partial charge on any atom is -0.391 e. The number of rotatable bonds is 21. The molecule has 23 heteroatoms. The topological polar surface area (TPSA) is 197 Å². The van der Waals surface area contributed by atoms with Gasteiger partial charge in [-0.3, -0.25) is 28.9 Å². The van der Waals surface area contributed by atoms with E-state index >= 15 is 4.39 Å². The molecular formula is C62H78F5N11O6S. The van der Waals surface area contributed by atoms with E-state index in [9.17, 15) is 46.6 Å². The molecule has 5 atom stereocenters. The normalized spacial score (nSPS) is 19.0. The smallest absolute Gasteiger partial charge is 0.391 e. The third kappa shape index (κ3) is 16.3. The Morgan fingerprint density at radius 3 is 2.02 bits per heavy atom. The van der Waals surface area contributed by atoms with Gasteiger partial charge in [0.25, 0.3) is 5.91 Å². The Bertz CT molecular complexity index is 3140. The number of aryl methyl sites for hydroxylation is 1. The van der Waals surface area contributed by atoms with Crippen LogP contribution in [0.3, 0.4) is 0 Å². The summed E-state index contributed by atoms with van der Waals surface area (Å²) < 4.78 is 72.1. The van der Waals surface area contributed by atoms with Crippen molar-refractivity contribution in [1.82, 2.24) is 40.3 Å². The molecule has 3 aliphatic heterocycles. The van der Waals surface area contributed by atoms with Gasteiger partial charge in [0.1, 0.15) is 23.7 Å². The van der Waals surface area contributed by atoms with E-state index < -0.39 is 64.4 Å². The van der Waals surface area contributed by atoms with Crippen molar-refractivity contribution < 1.29 is 51.0 Å². The van der Waals surface area contributed by atoms with Crippen LogP contribution in [0.1, 0.15) is 126 Å². The number of aliphatic hydroxyl groups is 1. The van der Waals surface area contributed by atoms with Crippen LogP contribution in [0.15, 0.2) is 72.5 Å². The molecule has 8 rings (SSSR count). The van der Waals surface area contributed by atoms with Gasteiger partial charge in [0, 0.05) is 107 Å². The zero-order valence-electron chi connectivity index (χ0n) is 49.4. The number of hydrogen-bond donors (Lipinski definition) is 4. The average molecular weight is 1200 g/mol. The zero-order valence-corrected chi connectivity index (χ0v) is 50.2. The fraction of sp³-hybridized carbons (Fsp3) is 0.516. The largest absolute Gasteiger partial charge is 0.417 e. The number of alkyl halides is 3. The molecule has 4 N–H and O–H groups in total. The van der Waals surface area contributed by atoms with Gasteiger partial charge in [-0.05, 0) is 87.5 Å². The molecule has 0 spiro atoms. The van der Waals surface area contributed by atoms with E-state index in [0.29, 0.717) is 58.1 Å². The number of aromatic nitrogens is 3. The highest BCUT2D eigenvalue weighted by atomic mass is 32.1. The number of thiazole rings is 1. The highest BCUT2D eigenvalue weighted by Gasteiger charge is 2.45. The summed E-state index contributed by atoms with van der Waals surface area (Å²) >= 11 is 1.56. The lowest BCUT2D eigenvalue weighted by Gasteiger charge is -2.44. The van der Waals surface area contributed by atoms with E-state index in [4.69, 9.17) is 0 Å². The van der Waals surface area contributed by atoms with Gasteiger partial charge in [0.2, 0.25) is 29.6 Å². The second-order valence-electron chi connectivity index (χ2n) is 23.8. The number of aliphatic hydroxyl groups excluding tert-OH is 1. The molecule has 0 radical (unpaired) electrons. The van der Waals surface area contributed by atoms with Crippen LogP contribution in [-0.4, -0.2) is 147 Å². The Kier molecular flexibility index (Phi) is 21.0. The van der Waals surface area contributed by atoms with Crippen LogP contribution in [0, 0.1) is 24.0 Å². The number of likely N-dealkylation sites (tertiary alicyclic amines) is 1. The van der Waals surface area contributed by atoms with Crippen LogP contribution >= 0.6 is 11.3 Å². The molecule has 85 heavy (non-hydrogen) atoms. The van der Waals surface area contributed by atoms with Crippen molar-refractivity contribution in [1.29, 1.82) is 0 Å². The van der Waals surface area contributed by atoms with Gasteiger partial charge >= 0.3 is 6.18 Å². The quantitative estimate of drug-likeness (QED) is 0.0402. The summed E-state index contributed by atoms with van der Waals surface area (Å²) in [4.78, 5) is 91.2. The van der Waals surface area contributed by atoms with Crippen molar-refractivity contribution in [3.8, 4) is 21.6 Å². The summed E-state index contributed by atoms with van der Waals surface area (Å²) in [7, 11) is 1.97. The minimum absolute atomic E-state index is 0.00473. The van der Waals surface area contributed by atoms with Gasteiger partial charge in [0.15, 0.2) is 0 Å². The first-order valence-electron chi connectivity index (χ1n) is 29.2. The zero-order chi connectivity index (χ0) is 61.3. The van der Waals surface area contributed by atoms with E-state index in [0.717, 1.165) is 72.4 Å².